The highest BCUT2D eigenvalue weighted by molar-refractivity contribution is 5.70. The number of rotatable bonds is 15. The van der Waals surface area contributed by atoms with E-state index in [1.54, 1.807) is 0 Å². The fourth-order valence-electron chi connectivity index (χ4n) is 5.61. The van der Waals surface area contributed by atoms with Gasteiger partial charge in [0.05, 0.1) is 23.3 Å². The standard InChI is InChI=1S/C33H40F8O/c1-3-5-7-8-9-11-19-42-33-31(40)29(38)24(30(39)32(33)41)23-27(36)25(34)22(26(35)28(23)37)18-17-21-15-13-20(14-16-21)12-10-6-4-2/h17-18,20-21H,3-16,19H2,1-2H3/b18-17+. The third-order valence-corrected chi connectivity index (χ3v) is 8.16. The molecule has 9 heteroatoms. The van der Waals surface area contributed by atoms with E-state index in [2.05, 4.69) is 6.92 Å². The van der Waals surface area contributed by atoms with Crippen molar-refractivity contribution in [3.05, 3.63) is 58.2 Å². The summed E-state index contributed by atoms with van der Waals surface area (Å²) in [5.41, 5.74) is -4.83. The van der Waals surface area contributed by atoms with Crippen LogP contribution in [0.5, 0.6) is 5.75 Å². The maximum absolute atomic E-state index is 15.0. The van der Waals surface area contributed by atoms with E-state index in [0.29, 0.717) is 18.8 Å². The lowest BCUT2D eigenvalue weighted by Crippen LogP contribution is -2.13. The molecule has 0 radical (unpaired) electrons. The van der Waals surface area contributed by atoms with Gasteiger partial charge < -0.3 is 4.74 Å². The van der Waals surface area contributed by atoms with Gasteiger partial charge in [-0.15, -0.1) is 0 Å². The van der Waals surface area contributed by atoms with Gasteiger partial charge in [-0.1, -0.05) is 83.8 Å². The van der Waals surface area contributed by atoms with Gasteiger partial charge in [-0.2, -0.15) is 8.78 Å². The Hall–Kier alpha value is -2.58. The smallest absolute Gasteiger partial charge is 0.204 e. The zero-order chi connectivity index (χ0) is 30.8. The number of hydrogen-bond donors (Lipinski definition) is 0. The second-order valence-corrected chi connectivity index (χ2v) is 11.3. The fourth-order valence-corrected chi connectivity index (χ4v) is 5.61. The summed E-state index contributed by atoms with van der Waals surface area (Å²) in [5, 5.41) is 0. The molecular weight excluding hydrogens is 564 g/mol. The van der Waals surface area contributed by atoms with E-state index in [9.17, 15) is 26.3 Å². The first-order chi connectivity index (χ1) is 20.1. The van der Waals surface area contributed by atoms with Crippen molar-refractivity contribution < 1.29 is 39.9 Å². The first-order valence-corrected chi connectivity index (χ1v) is 15.2. The molecule has 0 aromatic heterocycles. The summed E-state index contributed by atoms with van der Waals surface area (Å²) in [6.07, 6.45) is 15.1. The number of ether oxygens (including phenoxy) is 1. The Labute approximate surface area is 243 Å². The van der Waals surface area contributed by atoms with Crippen LogP contribution in [-0.2, 0) is 0 Å². The normalized spacial score (nSPS) is 17.4. The van der Waals surface area contributed by atoms with E-state index < -0.39 is 69.0 Å². The summed E-state index contributed by atoms with van der Waals surface area (Å²) in [6, 6.07) is 0. The number of allylic oxidation sites excluding steroid dienone is 1. The van der Waals surface area contributed by atoms with E-state index in [4.69, 9.17) is 4.74 Å². The Bertz CT molecular complexity index is 1160. The van der Waals surface area contributed by atoms with Crippen LogP contribution in [0, 0.1) is 58.4 Å². The minimum atomic E-state index is -2.22. The van der Waals surface area contributed by atoms with Crippen molar-refractivity contribution in [1.82, 2.24) is 0 Å². The van der Waals surface area contributed by atoms with Crippen LogP contribution in [0.3, 0.4) is 0 Å². The minimum Gasteiger partial charge on any atom is -0.487 e. The largest absolute Gasteiger partial charge is 0.487 e. The Morgan fingerprint density at radius 1 is 0.571 bits per heavy atom. The molecule has 1 aliphatic carbocycles. The van der Waals surface area contributed by atoms with Gasteiger partial charge in [0.2, 0.25) is 11.6 Å². The van der Waals surface area contributed by atoms with Crippen LogP contribution in [0.2, 0.25) is 0 Å². The lowest BCUT2D eigenvalue weighted by atomic mass is 9.79. The Morgan fingerprint density at radius 2 is 1.05 bits per heavy atom. The van der Waals surface area contributed by atoms with Gasteiger partial charge in [-0.3, -0.25) is 0 Å². The van der Waals surface area contributed by atoms with Gasteiger partial charge in [-0.05, 0) is 43.9 Å². The van der Waals surface area contributed by atoms with Gasteiger partial charge in [0, 0.05) is 0 Å². The lowest BCUT2D eigenvalue weighted by molar-refractivity contribution is 0.264. The highest BCUT2D eigenvalue weighted by Gasteiger charge is 2.34. The average Bonchev–Trinajstić information content (AvgIpc) is 2.98. The zero-order valence-corrected chi connectivity index (χ0v) is 24.3. The molecule has 0 unspecified atom stereocenters. The molecule has 0 saturated heterocycles. The summed E-state index contributed by atoms with van der Waals surface area (Å²) in [4.78, 5) is 0. The molecule has 42 heavy (non-hydrogen) atoms. The third-order valence-electron chi connectivity index (χ3n) is 8.16. The second kappa shape index (κ2) is 16.3. The summed E-state index contributed by atoms with van der Waals surface area (Å²) in [5.74, 6) is -17.6. The predicted molar refractivity (Wildman–Crippen MR) is 149 cm³/mol. The first-order valence-electron chi connectivity index (χ1n) is 15.2. The van der Waals surface area contributed by atoms with Crippen molar-refractivity contribution in [3.63, 3.8) is 0 Å². The zero-order valence-electron chi connectivity index (χ0n) is 24.3. The van der Waals surface area contributed by atoms with Crippen LogP contribution in [0.1, 0.15) is 109 Å². The Balaban J connectivity index is 1.81. The van der Waals surface area contributed by atoms with E-state index in [1.807, 2.05) is 6.92 Å². The van der Waals surface area contributed by atoms with Gasteiger partial charge >= 0.3 is 0 Å². The molecule has 0 amide bonds. The minimum absolute atomic E-state index is 0.0565. The number of hydrogen-bond acceptors (Lipinski definition) is 1. The van der Waals surface area contributed by atoms with Gasteiger partial charge in [0.15, 0.2) is 40.7 Å². The van der Waals surface area contributed by atoms with E-state index in [-0.39, 0.29) is 12.5 Å². The Kier molecular flexibility index (Phi) is 13.2. The van der Waals surface area contributed by atoms with Crippen LogP contribution in [0.15, 0.2) is 6.08 Å². The Morgan fingerprint density at radius 3 is 1.60 bits per heavy atom. The highest BCUT2D eigenvalue weighted by Crippen LogP contribution is 2.41. The van der Waals surface area contributed by atoms with E-state index in [0.717, 1.165) is 83.1 Å². The molecule has 1 nitrogen and oxygen atoms in total. The van der Waals surface area contributed by atoms with Crippen molar-refractivity contribution in [2.45, 2.75) is 104 Å². The fraction of sp³-hybridized carbons (Fsp3) is 0.576. The molecule has 0 aliphatic heterocycles. The molecule has 0 N–H and O–H groups in total. The molecule has 234 valence electrons. The van der Waals surface area contributed by atoms with Crippen molar-refractivity contribution in [2.24, 2.45) is 11.8 Å². The van der Waals surface area contributed by atoms with Gasteiger partial charge in [0.1, 0.15) is 0 Å². The van der Waals surface area contributed by atoms with Gasteiger partial charge in [-0.25, -0.2) is 26.3 Å². The topological polar surface area (TPSA) is 9.23 Å². The van der Waals surface area contributed by atoms with Crippen LogP contribution in [0.25, 0.3) is 17.2 Å². The maximum atomic E-state index is 15.0. The molecule has 2 aromatic rings. The van der Waals surface area contributed by atoms with E-state index in [1.165, 1.54) is 6.08 Å². The highest BCUT2D eigenvalue weighted by atomic mass is 19.2. The molecule has 0 spiro atoms. The molecule has 0 bridgehead atoms. The maximum Gasteiger partial charge on any atom is 0.204 e. The van der Waals surface area contributed by atoms with Crippen LogP contribution < -0.4 is 4.74 Å². The summed E-state index contributed by atoms with van der Waals surface area (Å²) in [6.45, 7) is 3.91. The lowest BCUT2D eigenvalue weighted by Gasteiger charge is -2.26. The monoisotopic (exact) mass is 604 g/mol. The summed E-state index contributed by atoms with van der Waals surface area (Å²) < 4.78 is 124. The summed E-state index contributed by atoms with van der Waals surface area (Å²) in [7, 11) is 0. The predicted octanol–water partition coefficient (Wildman–Crippen LogP) is 11.6. The van der Waals surface area contributed by atoms with Crippen molar-refractivity contribution in [3.8, 4) is 16.9 Å². The second-order valence-electron chi connectivity index (χ2n) is 11.3. The quantitative estimate of drug-likeness (QED) is 0.112. The third kappa shape index (κ3) is 8.07. The van der Waals surface area contributed by atoms with Crippen molar-refractivity contribution >= 4 is 6.08 Å². The molecule has 0 heterocycles. The summed E-state index contributed by atoms with van der Waals surface area (Å²) >= 11 is 0. The van der Waals surface area contributed by atoms with Crippen molar-refractivity contribution in [2.75, 3.05) is 6.61 Å². The van der Waals surface area contributed by atoms with Crippen molar-refractivity contribution in [1.29, 1.82) is 0 Å². The number of unbranched alkanes of at least 4 members (excludes halogenated alkanes) is 7. The van der Waals surface area contributed by atoms with Crippen LogP contribution in [-0.4, -0.2) is 6.61 Å². The molecule has 0 atom stereocenters. The molecule has 1 aliphatic rings. The van der Waals surface area contributed by atoms with Gasteiger partial charge in [0.25, 0.3) is 0 Å². The molecular formula is C33H40F8O. The molecule has 2 aromatic carbocycles. The van der Waals surface area contributed by atoms with E-state index >= 15 is 8.78 Å². The average molecular weight is 605 g/mol. The number of halogens is 8. The first kappa shape index (κ1) is 33.9. The van der Waals surface area contributed by atoms with Crippen LogP contribution >= 0.6 is 0 Å². The number of benzene rings is 2. The molecule has 1 fully saturated rings. The SMILES string of the molecule is CCCCCCCCOc1c(F)c(F)c(-c2c(F)c(F)c(/C=C/C3CCC(CCCCC)CC3)c(F)c2F)c(F)c1F. The van der Waals surface area contributed by atoms with Crippen LogP contribution in [0.4, 0.5) is 35.1 Å². The molecule has 1 saturated carbocycles. The molecule has 3 rings (SSSR count).